The fraction of sp³-hybridized carbons (Fsp3) is 0.462. The predicted molar refractivity (Wildman–Crippen MR) is 142 cm³/mol. The van der Waals surface area contributed by atoms with Crippen LogP contribution in [0.1, 0.15) is 43.8 Å². The van der Waals surface area contributed by atoms with Gasteiger partial charge in [-0.3, -0.25) is 14.7 Å². The van der Waals surface area contributed by atoms with Gasteiger partial charge in [0.05, 0.1) is 30.8 Å². The Kier molecular flexibility index (Phi) is 8.81. The van der Waals surface area contributed by atoms with E-state index in [0.717, 1.165) is 0 Å². The molecule has 204 valence electrons. The Morgan fingerprint density at radius 1 is 1.39 bits per heavy atom. The lowest BCUT2D eigenvalue weighted by molar-refractivity contribution is -0.149. The van der Waals surface area contributed by atoms with Crippen molar-refractivity contribution >= 4 is 40.7 Å². The molecule has 1 unspecified atom stereocenters. The van der Waals surface area contributed by atoms with E-state index in [2.05, 4.69) is 15.2 Å². The number of halogens is 2. The van der Waals surface area contributed by atoms with E-state index in [9.17, 15) is 19.1 Å². The van der Waals surface area contributed by atoms with Gasteiger partial charge in [-0.15, -0.1) is 11.3 Å². The number of carbonyl (C=O) groups excluding carboxylic acids is 1. The highest BCUT2D eigenvalue weighted by molar-refractivity contribution is 7.11. The van der Waals surface area contributed by atoms with E-state index < -0.39 is 29.2 Å². The number of benzene rings is 1. The van der Waals surface area contributed by atoms with Crippen molar-refractivity contribution in [1.29, 1.82) is 0 Å². The minimum Gasteiger partial charge on any atom is -0.481 e. The van der Waals surface area contributed by atoms with Crippen molar-refractivity contribution < 1.29 is 28.6 Å². The van der Waals surface area contributed by atoms with E-state index in [1.54, 1.807) is 27.0 Å². The Labute approximate surface area is 229 Å². The molecule has 0 spiro atoms. The van der Waals surface area contributed by atoms with Crippen LogP contribution in [0.15, 0.2) is 46.0 Å². The average Bonchev–Trinajstić information content (AvgIpc) is 3.40. The number of esters is 1. The fourth-order valence-corrected chi connectivity index (χ4v) is 5.39. The van der Waals surface area contributed by atoms with Crippen LogP contribution in [0.25, 0.3) is 0 Å². The van der Waals surface area contributed by atoms with Crippen molar-refractivity contribution in [2.75, 3.05) is 32.9 Å². The van der Waals surface area contributed by atoms with E-state index in [0.29, 0.717) is 48.3 Å². The van der Waals surface area contributed by atoms with Gasteiger partial charge in [0.25, 0.3) is 0 Å². The topological polar surface area (TPSA) is 113 Å². The van der Waals surface area contributed by atoms with Gasteiger partial charge in [-0.1, -0.05) is 17.7 Å². The third-order valence-electron chi connectivity index (χ3n) is 6.55. The normalized spacial score (nSPS) is 20.6. The molecule has 4 rings (SSSR count). The van der Waals surface area contributed by atoms with Crippen LogP contribution in [0, 0.1) is 11.2 Å². The van der Waals surface area contributed by atoms with Crippen LogP contribution in [0.2, 0.25) is 5.02 Å². The van der Waals surface area contributed by atoms with Gasteiger partial charge in [0.15, 0.2) is 10.8 Å². The number of carbonyl (C=O) groups is 2. The van der Waals surface area contributed by atoms with Crippen LogP contribution in [0.4, 0.5) is 4.39 Å². The van der Waals surface area contributed by atoms with Gasteiger partial charge in [-0.05, 0) is 39.3 Å². The predicted octanol–water partition coefficient (Wildman–Crippen LogP) is 4.05. The van der Waals surface area contributed by atoms with Gasteiger partial charge in [0.1, 0.15) is 11.9 Å². The number of thiazole rings is 1. The molecule has 12 heteroatoms. The van der Waals surface area contributed by atoms with Crippen molar-refractivity contribution in [3.05, 3.63) is 62.5 Å². The largest absolute Gasteiger partial charge is 0.481 e. The summed E-state index contributed by atoms with van der Waals surface area (Å²) >= 11 is 7.83. The summed E-state index contributed by atoms with van der Waals surface area (Å²) in [6, 6.07) is 2.90. The molecule has 0 saturated carbocycles. The van der Waals surface area contributed by atoms with Gasteiger partial charge in [0.2, 0.25) is 0 Å². The highest BCUT2D eigenvalue weighted by Crippen LogP contribution is 2.37. The first-order valence-corrected chi connectivity index (χ1v) is 13.5. The average molecular weight is 565 g/mol. The van der Waals surface area contributed by atoms with E-state index in [-0.39, 0.29) is 29.8 Å². The smallest absolute Gasteiger partial charge is 0.338 e. The van der Waals surface area contributed by atoms with Gasteiger partial charge in [0, 0.05) is 47.0 Å². The number of ether oxygens (including phenoxy) is 2. The molecule has 2 aromatic rings. The van der Waals surface area contributed by atoms with Crippen LogP contribution in [0.3, 0.4) is 0 Å². The summed E-state index contributed by atoms with van der Waals surface area (Å²) in [6.07, 6.45) is 2.01. The second kappa shape index (κ2) is 11.9. The number of hydrogen-bond acceptors (Lipinski definition) is 9. The Balaban J connectivity index is 1.79. The number of carboxylic acid groups (broad SMARTS) is 1. The molecule has 38 heavy (non-hydrogen) atoms. The molecule has 2 atom stereocenters. The molecule has 2 aliphatic heterocycles. The standard InChI is InChI=1S/C26H30ClFN4O5S/c1-4-37-24(33)20-19(13-32-8-9-36-14-16(32)12-26(2,3)25(34)35)30-22(23-29-7-10-38-23)31-21(20)17-6-5-15(28)11-18(17)27/h5-7,10-11,16,21H,4,8-9,12-14H2,1-3H3,(H,30,31)(H,34,35)/t16?,21-/m0/s1. The molecule has 1 fully saturated rings. The minimum atomic E-state index is -0.973. The van der Waals surface area contributed by atoms with E-state index in [1.165, 1.54) is 29.5 Å². The maximum absolute atomic E-state index is 13.9. The maximum Gasteiger partial charge on any atom is 0.338 e. The summed E-state index contributed by atoms with van der Waals surface area (Å²) in [5.41, 5.74) is 0.270. The lowest BCUT2D eigenvalue weighted by Gasteiger charge is -2.40. The zero-order valence-corrected chi connectivity index (χ0v) is 22.9. The molecule has 0 aliphatic carbocycles. The number of hydrogen-bond donors (Lipinski definition) is 2. The molecule has 3 heterocycles. The zero-order chi connectivity index (χ0) is 27.4. The lowest BCUT2D eigenvalue weighted by atomic mass is 9.85. The first-order chi connectivity index (χ1) is 18.1. The van der Waals surface area contributed by atoms with Gasteiger partial charge in [-0.2, -0.15) is 0 Å². The molecule has 2 N–H and O–H groups in total. The van der Waals surface area contributed by atoms with Gasteiger partial charge in [-0.25, -0.2) is 14.2 Å². The Morgan fingerprint density at radius 3 is 2.84 bits per heavy atom. The SMILES string of the molecule is CCOC(=O)C1=C(CN2CCOCC2CC(C)(C)C(=O)O)NC(c2nccs2)=N[C@H]1c1ccc(F)cc1Cl. The van der Waals surface area contributed by atoms with E-state index in [1.807, 2.05) is 5.38 Å². The summed E-state index contributed by atoms with van der Waals surface area (Å²) in [4.78, 5) is 36.4. The molecule has 0 bridgehead atoms. The number of aliphatic imine (C=N–C) groups is 1. The number of carboxylic acids is 1. The summed E-state index contributed by atoms with van der Waals surface area (Å²) < 4.78 is 25.0. The molecular weight excluding hydrogens is 535 g/mol. The third-order valence-corrected chi connectivity index (χ3v) is 7.66. The second-order valence-electron chi connectivity index (χ2n) is 9.71. The van der Waals surface area contributed by atoms with Gasteiger partial charge >= 0.3 is 11.9 Å². The van der Waals surface area contributed by atoms with Crippen molar-refractivity contribution in [3.63, 3.8) is 0 Å². The third kappa shape index (κ3) is 6.23. The molecular formula is C26H30ClFN4O5S. The summed E-state index contributed by atoms with van der Waals surface area (Å²) in [5, 5.41) is 15.5. The van der Waals surface area contributed by atoms with Crippen LogP contribution in [0.5, 0.6) is 0 Å². The molecule has 0 radical (unpaired) electrons. The molecule has 9 nitrogen and oxygen atoms in total. The fourth-order valence-electron chi connectivity index (χ4n) is 4.53. The quantitative estimate of drug-likeness (QED) is 0.439. The molecule has 0 amide bonds. The lowest BCUT2D eigenvalue weighted by Crippen LogP contribution is -2.51. The van der Waals surface area contributed by atoms with Crippen molar-refractivity contribution in [2.24, 2.45) is 10.4 Å². The van der Waals surface area contributed by atoms with Crippen LogP contribution < -0.4 is 5.32 Å². The summed E-state index contributed by atoms with van der Waals surface area (Å²) in [7, 11) is 0. The number of aliphatic carboxylic acids is 1. The van der Waals surface area contributed by atoms with Crippen LogP contribution in [-0.2, 0) is 19.1 Å². The van der Waals surface area contributed by atoms with Crippen molar-refractivity contribution in [1.82, 2.24) is 15.2 Å². The summed E-state index contributed by atoms with van der Waals surface area (Å²) in [5.74, 6) is -1.52. The minimum absolute atomic E-state index is 0.132. The maximum atomic E-state index is 13.9. The molecule has 1 aromatic heterocycles. The van der Waals surface area contributed by atoms with E-state index in [4.69, 9.17) is 26.1 Å². The summed E-state index contributed by atoms with van der Waals surface area (Å²) in [6.45, 7) is 6.87. The number of morpholine rings is 1. The molecule has 1 aromatic carbocycles. The van der Waals surface area contributed by atoms with Crippen molar-refractivity contribution in [3.8, 4) is 0 Å². The van der Waals surface area contributed by atoms with Gasteiger partial charge < -0.3 is 19.9 Å². The van der Waals surface area contributed by atoms with Crippen molar-refractivity contribution in [2.45, 2.75) is 39.3 Å². The van der Waals surface area contributed by atoms with Crippen LogP contribution >= 0.6 is 22.9 Å². The Morgan fingerprint density at radius 2 is 2.18 bits per heavy atom. The van der Waals surface area contributed by atoms with Crippen LogP contribution in [-0.4, -0.2) is 71.7 Å². The monoisotopic (exact) mass is 564 g/mol. The highest BCUT2D eigenvalue weighted by Gasteiger charge is 2.38. The zero-order valence-electron chi connectivity index (χ0n) is 21.4. The first-order valence-electron chi connectivity index (χ1n) is 12.3. The highest BCUT2D eigenvalue weighted by atomic mass is 35.5. The number of amidine groups is 1. The molecule has 2 aliphatic rings. The number of rotatable bonds is 9. The first kappa shape index (κ1) is 28.2. The second-order valence-corrected chi connectivity index (χ2v) is 11.0. The number of nitrogens with zero attached hydrogens (tertiary/aromatic N) is 3. The Hall–Kier alpha value is -2.86. The molecule has 1 saturated heterocycles. The number of aromatic nitrogens is 1. The Bertz CT molecular complexity index is 1250. The number of nitrogens with one attached hydrogen (secondary N) is 1. The van der Waals surface area contributed by atoms with E-state index >= 15 is 0 Å².